The van der Waals surface area contributed by atoms with Crippen molar-refractivity contribution in [1.29, 1.82) is 0 Å². The summed E-state index contributed by atoms with van der Waals surface area (Å²) in [6.07, 6.45) is 4.68. The van der Waals surface area contributed by atoms with Crippen LogP contribution in [0.4, 0.5) is 5.00 Å². The van der Waals surface area contributed by atoms with Crippen LogP contribution in [-0.2, 0) is 6.54 Å². The predicted molar refractivity (Wildman–Crippen MR) is 109 cm³/mol. The minimum Gasteiger partial charge on any atom is -0.464 e. The highest BCUT2D eigenvalue weighted by atomic mass is 32.1. The fourth-order valence-corrected chi connectivity index (χ4v) is 4.42. The monoisotopic (exact) mass is 410 g/mol. The first-order chi connectivity index (χ1) is 14.1. The maximum absolute atomic E-state index is 13.1. The molecule has 6 nitrogen and oxygen atoms in total. The SMILES string of the molecule is CC1CC1c1ccc(CN(C(=O)c2ccc(NC(=O)c3ccco3)s2)C2CC2)o1. The molecule has 29 heavy (non-hydrogen) atoms. The van der Waals surface area contributed by atoms with Gasteiger partial charge in [-0.25, -0.2) is 0 Å². The van der Waals surface area contributed by atoms with Crippen molar-refractivity contribution in [3.8, 4) is 0 Å². The third-order valence-electron chi connectivity index (χ3n) is 5.53. The highest BCUT2D eigenvalue weighted by Crippen LogP contribution is 2.47. The Hall–Kier alpha value is -2.80. The molecule has 2 atom stereocenters. The molecular formula is C22H22N2O4S. The fourth-order valence-electron chi connectivity index (χ4n) is 3.56. The summed E-state index contributed by atoms with van der Waals surface area (Å²) in [4.78, 5) is 27.8. The normalized spacial score (nSPS) is 20.4. The van der Waals surface area contributed by atoms with E-state index >= 15 is 0 Å². The van der Waals surface area contributed by atoms with E-state index in [0.29, 0.717) is 28.3 Å². The van der Waals surface area contributed by atoms with Crippen LogP contribution >= 0.6 is 11.3 Å². The molecule has 1 N–H and O–H groups in total. The molecular weight excluding hydrogens is 388 g/mol. The number of thiophene rings is 1. The molecule has 3 aromatic rings. The second-order valence-corrected chi connectivity index (χ2v) is 8.97. The number of furan rings is 2. The third kappa shape index (κ3) is 3.87. The lowest BCUT2D eigenvalue weighted by Gasteiger charge is -2.20. The number of carbonyl (C=O) groups is 2. The van der Waals surface area contributed by atoms with Crippen molar-refractivity contribution in [1.82, 2.24) is 4.90 Å². The van der Waals surface area contributed by atoms with E-state index in [9.17, 15) is 9.59 Å². The summed E-state index contributed by atoms with van der Waals surface area (Å²) >= 11 is 1.28. The van der Waals surface area contributed by atoms with Gasteiger partial charge in [-0.1, -0.05) is 6.92 Å². The quantitative estimate of drug-likeness (QED) is 0.587. The molecule has 2 amide bonds. The number of carbonyl (C=O) groups excluding carboxylic acids is 2. The van der Waals surface area contributed by atoms with Crippen molar-refractivity contribution in [2.75, 3.05) is 5.32 Å². The van der Waals surface area contributed by atoms with E-state index in [1.165, 1.54) is 24.0 Å². The highest BCUT2D eigenvalue weighted by molar-refractivity contribution is 7.18. The van der Waals surface area contributed by atoms with Crippen molar-refractivity contribution in [2.45, 2.75) is 44.7 Å². The van der Waals surface area contributed by atoms with Crippen LogP contribution < -0.4 is 5.32 Å². The van der Waals surface area contributed by atoms with E-state index < -0.39 is 0 Å². The Morgan fingerprint density at radius 3 is 2.72 bits per heavy atom. The molecule has 0 radical (unpaired) electrons. The van der Waals surface area contributed by atoms with Crippen LogP contribution in [0.25, 0.3) is 0 Å². The first kappa shape index (κ1) is 18.2. The molecule has 2 unspecified atom stereocenters. The van der Waals surface area contributed by atoms with Gasteiger partial charge >= 0.3 is 0 Å². The second-order valence-electron chi connectivity index (χ2n) is 7.88. The number of nitrogens with zero attached hydrogens (tertiary/aromatic N) is 1. The van der Waals surface area contributed by atoms with Crippen molar-refractivity contribution in [3.05, 3.63) is 64.8 Å². The molecule has 150 valence electrons. The lowest BCUT2D eigenvalue weighted by Crippen LogP contribution is -2.31. The van der Waals surface area contributed by atoms with Crippen LogP contribution in [-0.4, -0.2) is 22.8 Å². The number of hydrogen-bond acceptors (Lipinski definition) is 5. The summed E-state index contributed by atoms with van der Waals surface area (Å²) < 4.78 is 11.1. The molecule has 0 bridgehead atoms. The maximum Gasteiger partial charge on any atom is 0.291 e. The minimum absolute atomic E-state index is 0.0197. The van der Waals surface area contributed by atoms with Crippen LogP contribution in [0.2, 0.25) is 0 Å². The van der Waals surface area contributed by atoms with Gasteiger partial charge in [0.1, 0.15) is 11.5 Å². The second kappa shape index (κ2) is 7.22. The van der Waals surface area contributed by atoms with Crippen molar-refractivity contribution in [3.63, 3.8) is 0 Å². The number of rotatable bonds is 7. The van der Waals surface area contributed by atoms with Gasteiger partial charge in [0.25, 0.3) is 11.8 Å². The molecule has 0 aliphatic heterocycles. The summed E-state index contributed by atoms with van der Waals surface area (Å²) in [7, 11) is 0. The zero-order valence-electron chi connectivity index (χ0n) is 16.1. The van der Waals surface area contributed by atoms with Gasteiger partial charge in [0.05, 0.1) is 22.7 Å². The molecule has 0 saturated heterocycles. The number of hydrogen-bond donors (Lipinski definition) is 1. The lowest BCUT2D eigenvalue weighted by atomic mass is 10.3. The average molecular weight is 410 g/mol. The molecule has 2 aliphatic rings. The Morgan fingerprint density at radius 2 is 2.03 bits per heavy atom. The van der Waals surface area contributed by atoms with Gasteiger partial charge in [0.15, 0.2) is 5.76 Å². The van der Waals surface area contributed by atoms with Gasteiger partial charge in [-0.2, -0.15) is 0 Å². The first-order valence-electron chi connectivity index (χ1n) is 9.93. The van der Waals surface area contributed by atoms with Gasteiger partial charge in [-0.3, -0.25) is 9.59 Å². The predicted octanol–water partition coefficient (Wildman–Crippen LogP) is 5.11. The first-order valence-corrected chi connectivity index (χ1v) is 10.7. The summed E-state index contributed by atoms with van der Waals surface area (Å²) in [5.74, 6) is 2.99. The van der Waals surface area contributed by atoms with E-state index in [2.05, 4.69) is 12.2 Å². The fraction of sp³-hybridized carbons (Fsp3) is 0.364. The Labute approximate surface area is 172 Å². The number of anilines is 1. The summed E-state index contributed by atoms with van der Waals surface area (Å²) in [6.45, 7) is 2.71. The molecule has 2 saturated carbocycles. The van der Waals surface area contributed by atoms with Gasteiger partial charge in [0.2, 0.25) is 0 Å². The van der Waals surface area contributed by atoms with Crippen LogP contribution in [0.15, 0.2) is 51.5 Å². The molecule has 2 aliphatic carbocycles. The molecule has 2 fully saturated rings. The van der Waals surface area contributed by atoms with E-state index in [-0.39, 0.29) is 23.6 Å². The average Bonchev–Trinajstić information content (AvgIpc) is 3.45. The van der Waals surface area contributed by atoms with Crippen molar-refractivity contribution >= 4 is 28.2 Å². The van der Waals surface area contributed by atoms with Crippen LogP contribution in [0.5, 0.6) is 0 Å². The topological polar surface area (TPSA) is 75.7 Å². The molecule has 0 aromatic carbocycles. The van der Waals surface area contributed by atoms with E-state index in [4.69, 9.17) is 8.83 Å². The molecule has 7 heteroatoms. The standard InChI is InChI=1S/C22H22N2O4S/c1-13-11-16(13)17-7-6-15(28-17)12-24(14-4-5-14)22(26)19-8-9-20(29-19)23-21(25)18-3-2-10-27-18/h2-3,6-10,13-14,16H,4-5,11-12H2,1H3,(H,23,25). The van der Waals surface area contributed by atoms with Gasteiger partial charge in [0, 0.05) is 12.0 Å². The summed E-state index contributed by atoms with van der Waals surface area (Å²) in [5.41, 5.74) is 0. The Bertz CT molecular complexity index is 1030. The lowest BCUT2D eigenvalue weighted by molar-refractivity contribution is 0.0721. The van der Waals surface area contributed by atoms with E-state index in [1.807, 2.05) is 17.0 Å². The van der Waals surface area contributed by atoms with Gasteiger partial charge in [-0.15, -0.1) is 11.3 Å². The highest BCUT2D eigenvalue weighted by Gasteiger charge is 2.38. The molecule has 3 aromatic heterocycles. The van der Waals surface area contributed by atoms with Crippen LogP contribution in [0.3, 0.4) is 0 Å². The van der Waals surface area contributed by atoms with Crippen LogP contribution in [0.1, 0.15) is 63.9 Å². The minimum atomic E-state index is -0.327. The number of amides is 2. The van der Waals surface area contributed by atoms with Crippen LogP contribution in [0, 0.1) is 5.92 Å². The van der Waals surface area contributed by atoms with E-state index in [1.54, 1.807) is 24.3 Å². The smallest absolute Gasteiger partial charge is 0.291 e. The molecule has 3 heterocycles. The Morgan fingerprint density at radius 1 is 1.21 bits per heavy atom. The molecule has 0 spiro atoms. The van der Waals surface area contributed by atoms with Crippen molar-refractivity contribution in [2.24, 2.45) is 5.92 Å². The van der Waals surface area contributed by atoms with Gasteiger partial charge in [-0.05, 0) is 61.6 Å². The largest absolute Gasteiger partial charge is 0.464 e. The summed E-state index contributed by atoms with van der Waals surface area (Å²) in [5, 5.41) is 3.40. The Kier molecular flexibility index (Phi) is 4.54. The summed E-state index contributed by atoms with van der Waals surface area (Å²) in [6, 6.07) is 11.1. The zero-order chi connectivity index (χ0) is 20.0. The van der Waals surface area contributed by atoms with Crippen molar-refractivity contribution < 1.29 is 18.4 Å². The van der Waals surface area contributed by atoms with Gasteiger partial charge < -0.3 is 19.1 Å². The maximum atomic E-state index is 13.1. The third-order valence-corrected chi connectivity index (χ3v) is 6.52. The van der Waals surface area contributed by atoms with E-state index in [0.717, 1.165) is 24.4 Å². The Balaban J connectivity index is 1.27. The zero-order valence-corrected chi connectivity index (χ0v) is 16.9. The molecule has 5 rings (SSSR count). The number of nitrogens with one attached hydrogen (secondary N) is 1.